The zero-order valence-corrected chi connectivity index (χ0v) is 24.9. The summed E-state index contributed by atoms with van der Waals surface area (Å²) in [5.74, 6) is 0.917. The van der Waals surface area contributed by atoms with Crippen molar-refractivity contribution in [2.24, 2.45) is 0 Å². The fourth-order valence-corrected chi connectivity index (χ4v) is 7.57. The molecule has 0 radical (unpaired) electrons. The molecule has 0 atom stereocenters. The van der Waals surface area contributed by atoms with Gasteiger partial charge in [-0.3, -0.25) is 4.57 Å². The molecule has 44 heavy (non-hydrogen) atoms. The first kappa shape index (κ1) is 26.2. The Hall–Kier alpha value is -5.43. The second-order valence-corrected chi connectivity index (χ2v) is 11.9. The van der Waals surface area contributed by atoms with E-state index in [-0.39, 0.29) is 0 Å². The third kappa shape index (κ3) is 4.67. The standard InChI is InChI=1S/C41H28N2S/c1-5-16-29(17-6-1)33-26-15-27-37(38(33)40-35-25-14-13-24-34(35)39(44-40)31-20-9-3-10-21-31)43-28-36(30-18-7-2-8-19-30)42-41(43)32-22-11-4-12-23-32/h1-5,7-13,15-16,18-24,26-28H,14,25H2. The Morgan fingerprint density at radius 1 is 0.682 bits per heavy atom. The average Bonchev–Trinajstić information content (AvgIpc) is 3.73. The van der Waals surface area contributed by atoms with Gasteiger partial charge < -0.3 is 0 Å². The molecule has 0 bridgehead atoms. The van der Waals surface area contributed by atoms with Gasteiger partial charge in [-0.25, -0.2) is 4.98 Å². The maximum absolute atomic E-state index is 5.25. The van der Waals surface area contributed by atoms with E-state index in [1.807, 2.05) is 29.5 Å². The third-order valence-corrected chi connectivity index (χ3v) is 9.52. The lowest BCUT2D eigenvalue weighted by Crippen LogP contribution is -2.01. The minimum Gasteiger partial charge on any atom is -0.298 e. The molecule has 1 aliphatic rings. The predicted octanol–water partition coefficient (Wildman–Crippen LogP) is 10.8. The van der Waals surface area contributed by atoms with Crippen molar-refractivity contribution in [3.8, 4) is 60.3 Å². The third-order valence-electron chi connectivity index (χ3n) is 8.21. The van der Waals surface area contributed by atoms with E-state index in [0.717, 1.165) is 52.3 Å². The first-order valence-corrected chi connectivity index (χ1v) is 15.8. The molecule has 0 aliphatic heterocycles. The largest absolute Gasteiger partial charge is 0.298 e. The lowest BCUT2D eigenvalue weighted by atomic mass is 9.90. The lowest BCUT2D eigenvalue weighted by molar-refractivity contribution is 0.995. The summed E-state index contributed by atoms with van der Waals surface area (Å²) in [4.78, 5) is 7.87. The molecule has 2 aromatic heterocycles. The van der Waals surface area contributed by atoms with Crippen LogP contribution in [0.5, 0.6) is 0 Å². The van der Waals surface area contributed by atoms with Gasteiger partial charge in [0.2, 0.25) is 0 Å². The Morgan fingerprint density at radius 3 is 2.14 bits per heavy atom. The zero-order valence-electron chi connectivity index (χ0n) is 24.1. The van der Waals surface area contributed by atoms with Gasteiger partial charge in [-0.1, -0.05) is 133 Å². The van der Waals surface area contributed by atoms with E-state index in [4.69, 9.17) is 4.98 Å². The van der Waals surface area contributed by atoms with Crippen LogP contribution in [0.25, 0.3) is 66.4 Å². The summed E-state index contributed by atoms with van der Waals surface area (Å²) in [5.41, 5.74) is 11.6. The van der Waals surface area contributed by atoms with Gasteiger partial charge in [-0.05, 0) is 47.7 Å². The van der Waals surface area contributed by atoms with Crippen LogP contribution in [0.15, 0.2) is 140 Å². The highest BCUT2D eigenvalue weighted by Gasteiger charge is 2.26. The number of thiophene rings is 1. The monoisotopic (exact) mass is 580 g/mol. The number of hydrogen-bond acceptors (Lipinski definition) is 2. The number of aromatic nitrogens is 2. The maximum Gasteiger partial charge on any atom is 0.145 e. The van der Waals surface area contributed by atoms with Gasteiger partial charge in [0.1, 0.15) is 5.82 Å². The van der Waals surface area contributed by atoms with Crippen molar-refractivity contribution in [1.82, 2.24) is 9.55 Å². The zero-order chi connectivity index (χ0) is 29.3. The van der Waals surface area contributed by atoms with Crippen LogP contribution in [0.1, 0.15) is 17.5 Å². The van der Waals surface area contributed by atoms with Gasteiger partial charge in [0.05, 0.1) is 11.4 Å². The number of imidazole rings is 1. The molecule has 8 rings (SSSR count). The van der Waals surface area contributed by atoms with Gasteiger partial charge in [-0.15, -0.1) is 11.3 Å². The van der Waals surface area contributed by atoms with Crippen LogP contribution in [0.3, 0.4) is 0 Å². The Bertz CT molecular complexity index is 2090. The second kappa shape index (κ2) is 11.3. The molecule has 2 nitrogen and oxygen atoms in total. The van der Waals surface area contributed by atoms with Crippen LogP contribution in [0.2, 0.25) is 0 Å². The molecule has 0 fully saturated rings. The summed E-state index contributed by atoms with van der Waals surface area (Å²) < 4.78 is 2.29. The molecule has 0 unspecified atom stereocenters. The van der Waals surface area contributed by atoms with E-state index >= 15 is 0 Å². The number of allylic oxidation sites excluding steroid dienone is 1. The Labute approximate surface area is 262 Å². The Balaban J connectivity index is 1.44. The van der Waals surface area contributed by atoms with E-state index in [2.05, 4.69) is 144 Å². The molecule has 5 aromatic carbocycles. The van der Waals surface area contributed by atoms with Crippen LogP contribution in [-0.2, 0) is 6.42 Å². The first-order valence-electron chi connectivity index (χ1n) is 15.0. The van der Waals surface area contributed by atoms with E-state index in [1.165, 1.54) is 32.0 Å². The van der Waals surface area contributed by atoms with Crippen LogP contribution in [0.4, 0.5) is 0 Å². The molecule has 0 N–H and O–H groups in total. The quantitative estimate of drug-likeness (QED) is 0.191. The van der Waals surface area contributed by atoms with Gasteiger partial charge >= 0.3 is 0 Å². The molecular weight excluding hydrogens is 553 g/mol. The van der Waals surface area contributed by atoms with Crippen LogP contribution < -0.4 is 0 Å². The fourth-order valence-electron chi connectivity index (χ4n) is 6.15. The topological polar surface area (TPSA) is 17.8 Å². The van der Waals surface area contributed by atoms with E-state index in [9.17, 15) is 0 Å². The van der Waals surface area contributed by atoms with Crippen molar-refractivity contribution in [3.63, 3.8) is 0 Å². The molecule has 208 valence electrons. The Kier molecular flexibility index (Phi) is 6.76. The predicted molar refractivity (Wildman–Crippen MR) is 184 cm³/mol. The molecule has 0 saturated carbocycles. The van der Waals surface area contributed by atoms with E-state index in [0.29, 0.717) is 0 Å². The van der Waals surface area contributed by atoms with Crippen LogP contribution in [0, 0.1) is 12.1 Å². The summed E-state index contributed by atoms with van der Waals surface area (Å²) >= 11 is 1.89. The Morgan fingerprint density at radius 2 is 1.41 bits per heavy atom. The average molecular weight is 581 g/mol. The highest BCUT2D eigenvalue weighted by Crippen LogP contribution is 2.49. The molecule has 1 aliphatic carbocycles. The van der Waals surface area contributed by atoms with Crippen molar-refractivity contribution in [2.45, 2.75) is 12.8 Å². The SMILES string of the molecule is c1cccc(-c2cccc(-n3cc(-c4ccccc4)nc3-c3ccccc3)c2-c2sc(-c3ccccc3)c3c2CCC=C3)c#1. The minimum atomic E-state index is 0.917. The molecule has 0 saturated heterocycles. The van der Waals surface area contributed by atoms with Gasteiger partial charge in [0.25, 0.3) is 0 Å². The summed E-state index contributed by atoms with van der Waals surface area (Å²) in [5, 5.41) is 0. The summed E-state index contributed by atoms with van der Waals surface area (Å²) in [6.45, 7) is 0. The number of fused-ring (bicyclic) bond motifs is 1. The lowest BCUT2D eigenvalue weighted by Gasteiger charge is -2.18. The molecule has 0 spiro atoms. The van der Waals surface area contributed by atoms with Gasteiger partial charge in [-0.2, -0.15) is 0 Å². The summed E-state index contributed by atoms with van der Waals surface area (Å²) in [6.07, 6.45) is 8.87. The van der Waals surface area contributed by atoms with Crippen LogP contribution >= 0.6 is 11.3 Å². The molecule has 7 aromatic rings. The summed E-state index contributed by atoms with van der Waals surface area (Å²) in [6, 6.07) is 51.1. The van der Waals surface area contributed by atoms with Crippen molar-refractivity contribution >= 4 is 17.4 Å². The van der Waals surface area contributed by atoms with E-state index < -0.39 is 0 Å². The highest BCUT2D eigenvalue weighted by molar-refractivity contribution is 7.19. The van der Waals surface area contributed by atoms with Crippen molar-refractivity contribution < 1.29 is 0 Å². The van der Waals surface area contributed by atoms with Gasteiger partial charge in [0, 0.05) is 43.8 Å². The number of benzene rings is 4. The molecular formula is C41H28N2S. The normalized spacial score (nSPS) is 12.1. The second-order valence-electron chi connectivity index (χ2n) is 10.9. The minimum absolute atomic E-state index is 0.917. The number of hydrogen-bond donors (Lipinski definition) is 0. The van der Waals surface area contributed by atoms with Gasteiger partial charge in [0.15, 0.2) is 0 Å². The smallest absolute Gasteiger partial charge is 0.145 e. The number of rotatable bonds is 6. The fraction of sp³-hybridized carbons (Fsp3) is 0.0488. The summed E-state index contributed by atoms with van der Waals surface area (Å²) in [7, 11) is 0. The van der Waals surface area contributed by atoms with Crippen molar-refractivity contribution in [3.05, 3.63) is 163 Å². The maximum atomic E-state index is 5.25. The molecule has 0 amide bonds. The van der Waals surface area contributed by atoms with E-state index in [1.54, 1.807) is 0 Å². The highest BCUT2D eigenvalue weighted by atomic mass is 32.1. The van der Waals surface area contributed by atoms with Crippen molar-refractivity contribution in [1.29, 1.82) is 0 Å². The molecule has 2 heterocycles. The van der Waals surface area contributed by atoms with Crippen LogP contribution in [-0.4, -0.2) is 9.55 Å². The number of nitrogens with zero attached hydrogens (tertiary/aromatic N) is 2. The first-order chi connectivity index (χ1) is 21.8. The molecule has 3 heteroatoms. The van der Waals surface area contributed by atoms with Crippen molar-refractivity contribution in [2.75, 3.05) is 0 Å².